The SMILES string of the molecule is COc1ccc(N2C(=O)C(Nc3ccc(C)c(Cl)c3)=C(c3ccc(C)cc3)C2=O)cc1. The highest BCUT2D eigenvalue weighted by Crippen LogP contribution is 2.35. The third-order valence-electron chi connectivity index (χ3n) is 5.20. The first kappa shape index (κ1) is 20.7. The summed E-state index contributed by atoms with van der Waals surface area (Å²) in [6, 6.07) is 19.7. The Morgan fingerprint density at radius 1 is 0.871 bits per heavy atom. The van der Waals surface area contributed by atoms with Crippen LogP contribution >= 0.6 is 11.6 Å². The molecule has 0 saturated heterocycles. The quantitative estimate of drug-likeness (QED) is 0.551. The smallest absolute Gasteiger partial charge is 0.282 e. The predicted molar refractivity (Wildman–Crippen MR) is 123 cm³/mol. The van der Waals surface area contributed by atoms with Gasteiger partial charge in [-0.15, -0.1) is 0 Å². The summed E-state index contributed by atoms with van der Waals surface area (Å²) < 4.78 is 5.18. The standard InChI is InChI=1S/C25H21ClN2O3/c1-15-4-7-17(8-5-15)22-23(27-18-9-6-16(2)21(26)14-18)25(30)28(24(22)29)19-10-12-20(31-3)13-11-19/h4-14,27H,1-3H3. The van der Waals surface area contributed by atoms with Gasteiger partial charge in [0.25, 0.3) is 11.8 Å². The Hall–Kier alpha value is -3.57. The first-order valence-electron chi connectivity index (χ1n) is 9.76. The topological polar surface area (TPSA) is 58.6 Å². The second kappa shape index (κ2) is 8.28. The van der Waals surface area contributed by atoms with E-state index in [0.717, 1.165) is 11.1 Å². The van der Waals surface area contributed by atoms with E-state index in [0.29, 0.717) is 33.3 Å². The molecule has 3 aromatic rings. The van der Waals surface area contributed by atoms with Gasteiger partial charge in [-0.2, -0.15) is 0 Å². The number of ether oxygens (including phenoxy) is 1. The fourth-order valence-electron chi connectivity index (χ4n) is 3.41. The third kappa shape index (κ3) is 3.92. The number of benzene rings is 3. The van der Waals surface area contributed by atoms with Gasteiger partial charge in [0.1, 0.15) is 11.4 Å². The Kier molecular flexibility index (Phi) is 5.53. The van der Waals surface area contributed by atoms with Crippen molar-refractivity contribution in [3.8, 4) is 5.75 Å². The summed E-state index contributed by atoms with van der Waals surface area (Å²) in [7, 11) is 1.56. The zero-order chi connectivity index (χ0) is 22.1. The number of hydrogen-bond acceptors (Lipinski definition) is 4. The van der Waals surface area contributed by atoms with E-state index < -0.39 is 5.91 Å². The number of rotatable bonds is 5. The molecule has 0 atom stereocenters. The number of aryl methyl sites for hydroxylation is 2. The Bertz CT molecular complexity index is 1200. The Balaban J connectivity index is 1.80. The molecular weight excluding hydrogens is 412 g/mol. The largest absolute Gasteiger partial charge is 0.497 e. The maximum atomic E-state index is 13.4. The van der Waals surface area contributed by atoms with Gasteiger partial charge in [0, 0.05) is 10.7 Å². The molecule has 2 amide bonds. The van der Waals surface area contributed by atoms with Gasteiger partial charge in [-0.05, 0) is 61.4 Å². The number of nitrogens with one attached hydrogen (secondary N) is 1. The molecular formula is C25H21ClN2O3. The van der Waals surface area contributed by atoms with Crippen LogP contribution in [0.1, 0.15) is 16.7 Å². The summed E-state index contributed by atoms with van der Waals surface area (Å²) in [5, 5.41) is 3.71. The molecule has 1 N–H and O–H groups in total. The molecule has 0 bridgehead atoms. The zero-order valence-corrected chi connectivity index (χ0v) is 18.2. The number of halogens is 1. The average molecular weight is 433 g/mol. The van der Waals surface area contributed by atoms with E-state index in [9.17, 15) is 9.59 Å². The van der Waals surface area contributed by atoms with Crippen molar-refractivity contribution in [2.24, 2.45) is 0 Å². The molecule has 1 heterocycles. The summed E-state index contributed by atoms with van der Waals surface area (Å²) in [6.07, 6.45) is 0. The van der Waals surface area contributed by atoms with Crippen LogP contribution < -0.4 is 15.0 Å². The van der Waals surface area contributed by atoms with Crippen molar-refractivity contribution in [3.05, 3.63) is 94.1 Å². The second-order valence-corrected chi connectivity index (χ2v) is 7.76. The maximum Gasteiger partial charge on any atom is 0.282 e. The van der Waals surface area contributed by atoms with Gasteiger partial charge in [0.2, 0.25) is 0 Å². The van der Waals surface area contributed by atoms with Gasteiger partial charge in [-0.25, -0.2) is 4.90 Å². The first-order valence-corrected chi connectivity index (χ1v) is 10.1. The van der Waals surface area contributed by atoms with Crippen LogP contribution in [0.25, 0.3) is 5.57 Å². The average Bonchev–Trinajstić information content (AvgIpc) is 3.01. The summed E-state index contributed by atoms with van der Waals surface area (Å²) in [5.41, 5.74) is 4.29. The summed E-state index contributed by atoms with van der Waals surface area (Å²) in [6.45, 7) is 3.87. The molecule has 0 aliphatic carbocycles. The van der Waals surface area contributed by atoms with Crippen molar-refractivity contribution in [3.63, 3.8) is 0 Å². The monoisotopic (exact) mass is 432 g/mol. The van der Waals surface area contributed by atoms with E-state index >= 15 is 0 Å². The van der Waals surface area contributed by atoms with E-state index in [1.54, 1.807) is 37.4 Å². The minimum Gasteiger partial charge on any atom is -0.497 e. The number of carbonyl (C=O) groups is 2. The van der Waals surface area contributed by atoms with Gasteiger partial charge in [-0.3, -0.25) is 9.59 Å². The molecule has 31 heavy (non-hydrogen) atoms. The molecule has 1 aliphatic heterocycles. The van der Waals surface area contributed by atoms with Crippen LogP contribution in [-0.4, -0.2) is 18.9 Å². The van der Waals surface area contributed by atoms with Crippen LogP contribution in [-0.2, 0) is 9.59 Å². The van der Waals surface area contributed by atoms with Gasteiger partial charge >= 0.3 is 0 Å². The molecule has 1 aliphatic rings. The number of methoxy groups -OCH3 is 1. The van der Waals surface area contributed by atoms with E-state index in [1.807, 2.05) is 50.2 Å². The van der Waals surface area contributed by atoms with E-state index in [-0.39, 0.29) is 11.6 Å². The van der Waals surface area contributed by atoms with E-state index in [2.05, 4.69) is 5.32 Å². The van der Waals surface area contributed by atoms with E-state index in [4.69, 9.17) is 16.3 Å². The highest BCUT2D eigenvalue weighted by atomic mass is 35.5. The van der Waals surface area contributed by atoms with Crippen molar-refractivity contribution >= 4 is 40.4 Å². The number of imide groups is 1. The van der Waals surface area contributed by atoms with Crippen LogP contribution in [0.15, 0.2) is 72.4 Å². The minimum atomic E-state index is -0.428. The highest BCUT2D eigenvalue weighted by molar-refractivity contribution is 6.46. The van der Waals surface area contributed by atoms with Gasteiger partial charge < -0.3 is 10.1 Å². The Labute approximate surface area is 185 Å². The van der Waals surface area contributed by atoms with E-state index in [1.165, 1.54) is 4.90 Å². The lowest BCUT2D eigenvalue weighted by molar-refractivity contribution is -0.120. The fourth-order valence-corrected chi connectivity index (χ4v) is 3.60. The molecule has 4 rings (SSSR count). The van der Waals surface area contributed by atoms with Crippen molar-refractivity contribution < 1.29 is 14.3 Å². The fraction of sp³-hybridized carbons (Fsp3) is 0.120. The van der Waals surface area contributed by atoms with Crippen LogP contribution in [0, 0.1) is 13.8 Å². The normalized spacial score (nSPS) is 13.7. The van der Waals surface area contributed by atoms with Crippen LogP contribution in [0.5, 0.6) is 5.75 Å². The molecule has 0 saturated carbocycles. The van der Waals surface area contributed by atoms with Crippen molar-refractivity contribution in [2.75, 3.05) is 17.3 Å². The van der Waals surface area contributed by atoms with Crippen molar-refractivity contribution in [2.45, 2.75) is 13.8 Å². The molecule has 0 aromatic heterocycles. The number of anilines is 2. The van der Waals surface area contributed by atoms with Crippen molar-refractivity contribution in [1.29, 1.82) is 0 Å². The molecule has 3 aromatic carbocycles. The predicted octanol–water partition coefficient (Wildman–Crippen LogP) is 5.36. The third-order valence-corrected chi connectivity index (χ3v) is 5.60. The van der Waals surface area contributed by atoms with Gasteiger partial charge in [0.05, 0.1) is 18.4 Å². The molecule has 0 fully saturated rings. The highest BCUT2D eigenvalue weighted by Gasteiger charge is 2.40. The van der Waals surface area contributed by atoms with Crippen LogP contribution in [0.2, 0.25) is 5.02 Å². The molecule has 0 unspecified atom stereocenters. The van der Waals surface area contributed by atoms with Gasteiger partial charge in [0.15, 0.2) is 0 Å². The summed E-state index contributed by atoms with van der Waals surface area (Å²) in [4.78, 5) is 28.0. The molecule has 156 valence electrons. The van der Waals surface area contributed by atoms with Crippen LogP contribution in [0.4, 0.5) is 11.4 Å². The van der Waals surface area contributed by atoms with Crippen LogP contribution in [0.3, 0.4) is 0 Å². The lowest BCUT2D eigenvalue weighted by Crippen LogP contribution is -2.32. The second-order valence-electron chi connectivity index (χ2n) is 7.35. The van der Waals surface area contributed by atoms with Crippen molar-refractivity contribution in [1.82, 2.24) is 0 Å². The lowest BCUT2D eigenvalue weighted by atomic mass is 10.0. The first-order chi connectivity index (χ1) is 14.9. The molecule has 6 heteroatoms. The number of amides is 2. The minimum absolute atomic E-state index is 0.213. The Morgan fingerprint density at radius 2 is 1.55 bits per heavy atom. The van der Waals surface area contributed by atoms with Gasteiger partial charge in [-0.1, -0.05) is 47.5 Å². The summed E-state index contributed by atoms with van der Waals surface area (Å²) >= 11 is 6.26. The molecule has 5 nitrogen and oxygen atoms in total. The zero-order valence-electron chi connectivity index (χ0n) is 17.4. The number of carbonyl (C=O) groups excluding carboxylic acids is 2. The summed E-state index contributed by atoms with van der Waals surface area (Å²) in [5.74, 6) is -0.177. The Morgan fingerprint density at radius 3 is 2.16 bits per heavy atom. The molecule has 0 radical (unpaired) electrons. The maximum absolute atomic E-state index is 13.4. The number of nitrogens with zero attached hydrogens (tertiary/aromatic N) is 1. The lowest BCUT2D eigenvalue weighted by Gasteiger charge is -2.16. The number of hydrogen-bond donors (Lipinski definition) is 1. The molecule has 0 spiro atoms.